The average molecular weight is 365 g/mol. The van der Waals surface area contributed by atoms with E-state index in [-0.39, 0.29) is 12.5 Å². The molecule has 0 spiro atoms. The molecule has 2 aromatic carbocycles. The van der Waals surface area contributed by atoms with Crippen molar-refractivity contribution in [2.45, 2.75) is 9.79 Å². The summed E-state index contributed by atoms with van der Waals surface area (Å²) in [6.07, 6.45) is 1.66. The summed E-state index contributed by atoms with van der Waals surface area (Å²) in [4.78, 5) is 17.7. The number of amides is 1. The van der Waals surface area contributed by atoms with Crippen molar-refractivity contribution >= 4 is 46.6 Å². The van der Waals surface area contributed by atoms with Gasteiger partial charge in [-0.05, 0) is 35.7 Å². The lowest BCUT2D eigenvalue weighted by Crippen LogP contribution is -2.33. The molecule has 0 bridgehead atoms. The number of nitrogens with zero attached hydrogens (tertiary/aromatic N) is 2. The van der Waals surface area contributed by atoms with Gasteiger partial charge in [0.05, 0.1) is 17.6 Å². The first-order chi connectivity index (χ1) is 12.3. The van der Waals surface area contributed by atoms with Crippen LogP contribution in [0.3, 0.4) is 0 Å². The van der Waals surface area contributed by atoms with Gasteiger partial charge in [-0.25, -0.2) is 5.43 Å². The summed E-state index contributed by atoms with van der Waals surface area (Å²) in [5.41, 5.74) is 4.71. The van der Waals surface area contributed by atoms with Crippen LogP contribution < -0.4 is 10.3 Å². The van der Waals surface area contributed by atoms with Gasteiger partial charge in [-0.15, -0.1) is 11.3 Å². The molecular formula is C19H15N3OS2. The minimum atomic E-state index is -0.149. The number of carbonyl (C=O) groups is 1. The fourth-order valence-corrected chi connectivity index (χ4v) is 4.34. The molecule has 1 aliphatic heterocycles. The van der Waals surface area contributed by atoms with E-state index in [2.05, 4.69) is 22.7 Å². The second kappa shape index (κ2) is 7.13. The lowest BCUT2D eigenvalue weighted by Gasteiger charge is -2.31. The largest absolute Gasteiger partial charge is 0.330 e. The first-order valence-corrected chi connectivity index (χ1v) is 9.50. The number of nitrogens with one attached hydrogen (secondary N) is 1. The summed E-state index contributed by atoms with van der Waals surface area (Å²) >= 11 is 3.31. The number of fused-ring (bicyclic) bond motifs is 2. The molecule has 0 saturated carbocycles. The van der Waals surface area contributed by atoms with Gasteiger partial charge >= 0.3 is 0 Å². The van der Waals surface area contributed by atoms with Crippen LogP contribution in [-0.2, 0) is 4.79 Å². The number of rotatable bonds is 4. The van der Waals surface area contributed by atoms with Crippen molar-refractivity contribution in [1.82, 2.24) is 5.43 Å². The average Bonchev–Trinajstić information content (AvgIpc) is 3.15. The third-order valence-corrected chi connectivity index (χ3v) is 5.70. The first kappa shape index (κ1) is 15.9. The highest BCUT2D eigenvalue weighted by Crippen LogP contribution is 2.47. The zero-order valence-electron chi connectivity index (χ0n) is 13.3. The molecular weight excluding hydrogens is 350 g/mol. The highest BCUT2D eigenvalue weighted by Gasteiger charge is 2.24. The molecule has 1 amide bonds. The molecule has 0 atom stereocenters. The van der Waals surface area contributed by atoms with Gasteiger partial charge in [-0.3, -0.25) is 4.79 Å². The fraction of sp³-hybridized carbons (Fsp3) is 0.0526. The SMILES string of the molecule is O=C(CN1c2ccccc2Sc2ccccc21)N/N=C/c1cccs1. The van der Waals surface area contributed by atoms with Gasteiger partial charge in [0.1, 0.15) is 6.54 Å². The predicted octanol–water partition coefficient (Wildman–Crippen LogP) is 4.50. The topological polar surface area (TPSA) is 44.7 Å². The van der Waals surface area contributed by atoms with Gasteiger partial charge < -0.3 is 4.90 Å². The zero-order chi connectivity index (χ0) is 17.1. The number of anilines is 2. The van der Waals surface area contributed by atoms with Crippen LogP contribution in [0.5, 0.6) is 0 Å². The van der Waals surface area contributed by atoms with E-state index in [1.165, 1.54) is 0 Å². The van der Waals surface area contributed by atoms with Crippen molar-refractivity contribution in [3.05, 3.63) is 70.9 Å². The molecule has 1 aromatic heterocycles. The van der Waals surface area contributed by atoms with Crippen molar-refractivity contribution in [2.24, 2.45) is 5.10 Å². The Morgan fingerprint density at radius 2 is 1.68 bits per heavy atom. The predicted molar refractivity (Wildman–Crippen MR) is 104 cm³/mol. The van der Waals surface area contributed by atoms with Crippen molar-refractivity contribution in [2.75, 3.05) is 11.4 Å². The van der Waals surface area contributed by atoms with Gasteiger partial charge in [-0.1, -0.05) is 42.1 Å². The van der Waals surface area contributed by atoms with Crippen LogP contribution in [0, 0.1) is 0 Å². The second-order valence-electron chi connectivity index (χ2n) is 5.43. The van der Waals surface area contributed by atoms with E-state index < -0.39 is 0 Å². The Kier molecular flexibility index (Phi) is 4.54. The van der Waals surface area contributed by atoms with Crippen LogP contribution in [0.15, 0.2) is 80.9 Å². The Morgan fingerprint density at radius 3 is 2.32 bits per heavy atom. The monoisotopic (exact) mass is 365 g/mol. The first-order valence-electron chi connectivity index (χ1n) is 7.80. The molecule has 4 nitrogen and oxygen atoms in total. The van der Waals surface area contributed by atoms with Crippen molar-refractivity contribution in [1.29, 1.82) is 0 Å². The molecule has 4 rings (SSSR count). The maximum Gasteiger partial charge on any atom is 0.260 e. The summed E-state index contributed by atoms with van der Waals surface area (Å²) < 4.78 is 0. The molecule has 1 N–H and O–H groups in total. The Balaban J connectivity index is 1.54. The second-order valence-corrected chi connectivity index (χ2v) is 7.50. The summed E-state index contributed by atoms with van der Waals surface area (Å²) in [6.45, 7) is 0.219. The number of para-hydroxylation sites is 2. The van der Waals surface area contributed by atoms with Crippen molar-refractivity contribution in [3.63, 3.8) is 0 Å². The van der Waals surface area contributed by atoms with Gasteiger partial charge in [0.15, 0.2) is 0 Å². The molecule has 0 radical (unpaired) electrons. The van der Waals surface area contributed by atoms with Gasteiger partial charge in [0.25, 0.3) is 5.91 Å². The Morgan fingerprint density at radius 1 is 1.00 bits per heavy atom. The number of benzene rings is 2. The van der Waals surface area contributed by atoms with Crippen LogP contribution in [0.4, 0.5) is 11.4 Å². The van der Waals surface area contributed by atoms with Gasteiger partial charge in [0, 0.05) is 14.7 Å². The number of hydrazone groups is 1. The smallest absolute Gasteiger partial charge is 0.260 e. The number of hydrogen-bond acceptors (Lipinski definition) is 5. The number of hydrogen-bond donors (Lipinski definition) is 1. The molecule has 3 aromatic rings. The standard InChI is InChI=1S/C19H15N3OS2/c23-19(21-20-12-14-6-5-11-24-14)13-22-15-7-1-3-9-17(15)25-18-10-4-2-8-16(18)22/h1-12H,13H2,(H,21,23)/b20-12+. The quantitative estimate of drug-likeness (QED) is 0.547. The van der Waals surface area contributed by atoms with Gasteiger partial charge in [0.2, 0.25) is 0 Å². The summed E-state index contributed by atoms with van der Waals surface area (Å²) in [5.74, 6) is -0.149. The van der Waals surface area contributed by atoms with Crippen LogP contribution in [0.2, 0.25) is 0 Å². The van der Waals surface area contributed by atoms with Crippen molar-refractivity contribution < 1.29 is 4.79 Å². The van der Waals surface area contributed by atoms with E-state index in [4.69, 9.17) is 0 Å². The third-order valence-electron chi connectivity index (χ3n) is 3.76. The lowest BCUT2D eigenvalue weighted by molar-refractivity contribution is -0.119. The lowest BCUT2D eigenvalue weighted by atomic mass is 10.2. The number of carbonyl (C=O) groups excluding carboxylic acids is 1. The molecule has 25 heavy (non-hydrogen) atoms. The van der Waals surface area contributed by atoms with Crippen LogP contribution in [0.25, 0.3) is 0 Å². The van der Waals surface area contributed by atoms with E-state index in [1.54, 1.807) is 29.3 Å². The molecule has 0 aliphatic carbocycles. The Labute approximate surface area is 154 Å². The minimum absolute atomic E-state index is 0.149. The molecule has 6 heteroatoms. The fourth-order valence-electron chi connectivity index (χ4n) is 2.66. The van der Waals surface area contributed by atoms with E-state index in [9.17, 15) is 4.79 Å². The Bertz CT molecular complexity index is 876. The molecule has 124 valence electrons. The Hall–Kier alpha value is -2.57. The van der Waals surface area contributed by atoms with Crippen LogP contribution in [0.1, 0.15) is 4.88 Å². The molecule has 0 saturated heterocycles. The number of thiophene rings is 1. The van der Waals surface area contributed by atoms with Gasteiger partial charge in [-0.2, -0.15) is 5.10 Å². The molecule has 2 heterocycles. The van der Waals surface area contributed by atoms with Crippen LogP contribution >= 0.6 is 23.1 Å². The maximum atomic E-state index is 12.4. The van der Waals surface area contributed by atoms with E-state index in [0.29, 0.717) is 0 Å². The zero-order valence-corrected chi connectivity index (χ0v) is 14.9. The summed E-state index contributed by atoms with van der Waals surface area (Å²) in [5, 5.41) is 6.02. The normalized spacial score (nSPS) is 12.7. The molecule has 1 aliphatic rings. The summed E-state index contributed by atoms with van der Waals surface area (Å²) in [7, 11) is 0. The van der Waals surface area contributed by atoms with Crippen LogP contribution in [-0.4, -0.2) is 18.7 Å². The van der Waals surface area contributed by atoms with E-state index in [0.717, 1.165) is 26.0 Å². The minimum Gasteiger partial charge on any atom is -0.330 e. The highest BCUT2D eigenvalue weighted by atomic mass is 32.2. The molecule has 0 unspecified atom stereocenters. The van der Waals surface area contributed by atoms with Crippen molar-refractivity contribution in [3.8, 4) is 0 Å². The third kappa shape index (κ3) is 3.45. The van der Waals surface area contributed by atoms with E-state index in [1.807, 2.05) is 58.8 Å². The van der Waals surface area contributed by atoms with E-state index >= 15 is 0 Å². The summed E-state index contributed by atoms with van der Waals surface area (Å²) in [6, 6.07) is 20.2. The maximum absolute atomic E-state index is 12.4. The molecule has 0 fully saturated rings. The highest BCUT2D eigenvalue weighted by molar-refractivity contribution is 7.99.